The first kappa shape index (κ1) is 16.8. The summed E-state index contributed by atoms with van der Waals surface area (Å²) in [5.41, 5.74) is 0. The molecule has 122 valence electrons. The number of amides is 1. The van der Waals surface area contributed by atoms with Crippen LogP contribution >= 0.6 is 0 Å². The van der Waals surface area contributed by atoms with E-state index in [1.807, 2.05) is 0 Å². The number of carbonyl (C=O) groups is 1. The quantitative estimate of drug-likeness (QED) is 0.746. The highest BCUT2D eigenvalue weighted by Crippen LogP contribution is 2.26. The molecule has 2 rings (SSSR count). The molecule has 2 fully saturated rings. The molecule has 1 aliphatic carbocycles. The lowest BCUT2D eigenvalue weighted by Gasteiger charge is -2.30. The van der Waals surface area contributed by atoms with E-state index in [0.717, 1.165) is 31.8 Å². The first-order valence-electron chi connectivity index (χ1n) is 9.18. The molecule has 0 aromatic carbocycles. The maximum atomic E-state index is 12.4. The Morgan fingerprint density at radius 3 is 2.62 bits per heavy atom. The minimum atomic E-state index is 0.409. The van der Waals surface area contributed by atoms with Crippen LogP contribution < -0.4 is 0 Å². The van der Waals surface area contributed by atoms with Crippen LogP contribution in [0.4, 0.5) is 0 Å². The van der Waals surface area contributed by atoms with E-state index >= 15 is 0 Å². The molecule has 0 aromatic rings. The first-order chi connectivity index (χ1) is 10.2. The van der Waals surface area contributed by atoms with Gasteiger partial charge in [-0.3, -0.25) is 4.79 Å². The summed E-state index contributed by atoms with van der Waals surface area (Å²) < 4.78 is 0. The van der Waals surface area contributed by atoms with Crippen LogP contribution in [0.5, 0.6) is 0 Å². The fourth-order valence-corrected chi connectivity index (χ4v) is 3.93. The maximum Gasteiger partial charge on any atom is 0.222 e. The van der Waals surface area contributed by atoms with Gasteiger partial charge in [0.25, 0.3) is 0 Å². The summed E-state index contributed by atoms with van der Waals surface area (Å²) in [5, 5.41) is 0. The summed E-state index contributed by atoms with van der Waals surface area (Å²) in [5.74, 6) is 1.18. The van der Waals surface area contributed by atoms with Crippen molar-refractivity contribution >= 4 is 5.91 Å². The van der Waals surface area contributed by atoms with Gasteiger partial charge in [-0.1, -0.05) is 32.6 Å². The van der Waals surface area contributed by atoms with Crippen LogP contribution in [0.1, 0.15) is 71.1 Å². The normalized spacial score (nSPS) is 25.4. The summed E-state index contributed by atoms with van der Waals surface area (Å²) in [6.45, 7) is 5.44. The van der Waals surface area contributed by atoms with Crippen molar-refractivity contribution in [2.24, 2.45) is 5.92 Å². The summed E-state index contributed by atoms with van der Waals surface area (Å²) in [7, 11) is 2.24. The van der Waals surface area contributed by atoms with E-state index in [0.29, 0.717) is 11.9 Å². The second kappa shape index (κ2) is 8.77. The lowest BCUT2D eigenvalue weighted by molar-refractivity contribution is -0.131. The van der Waals surface area contributed by atoms with Gasteiger partial charge in [0.1, 0.15) is 0 Å². The topological polar surface area (TPSA) is 23.6 Å². The molecule has 0 spiro atoms. The van der Waals surface area contributed by atoms with E-state index in [2.05, 4.69) is 23.8 Å². The molecule has 2 aliphatic rings. The smallest absolute Gasteiger partial charge is 0.222 e. The monoisotopic (exact) mass is 294 g/mol. The molecule has 0 radical (unpaired) electrons. The molecule has 1 heterocycles. The van der Waals surface area contributed by atoms with E-state index < -0.39 is 0 Å². The Labute approximate surface area is 131 Å². The van der Waals surface area contributed by atoms with Crippen LogP contribution in [-0.2, 0) is 4.79 Å². The van der Waals surface area contributed by atoms with Crippen LogP contribution in [0.3, 0.4) is 0 Å². The molecule has 21 heavy (non-hydrogen) atoms. The summed E-state index contributed by atoms with van der Waals surface area (Å²) in [6, 6.07) is 0.608. The standard InChI is InChI=1S/C18H34N2O/c1-3-4-13-19(2)17-10-11-18(21)20(14-12-17)15-16-8-6-5-7-9-16/h16-17H,3-15H2,1-2H3. The van der Waals surface area contributed by atoms with Crippen molar-refractivity contribution in [1.29, 1.82) is 0 Å². The van der Waals surface area contributed by atoms with Crippen LogP contribution in [-0.4, -0.2) is 48.4 Å². The van der Waals surface area contributed by atoms with Crippen molar-refractivity contribution in [2.45, 2.75) is 77.2 Å². The molecule has 3 nitrogen and oxygen atoms in total. The molecule has 1 aliphatic heterocycles. The largest absolute Gasteiger partial charge is 0.342 e. The van der Waals surface area contributed by atoms with E-state index in [-0.39, 0.29) is 0 Å². The van der Waals surface area contributed by atoms with Crippen molar-refractivity contribution in [3.8, 4) is 0 Å². The van der Waals surface area contributed by atoms with E-state index in [1.165, 1.54) is 57.9 Å². The Morgan fingerprint density at radius 2 is 1.90 bits per heavy atom. The Kier molecular flexibility index (Phi) is 7.01. The number of carbonyl (C=O) groups excluding carboxylic acids is 1. The third-order valence-corrected chi connectivity index (χ3v) is 5.47. The summed E-state index contributed by atoms with van der Waals surface area (Å²) in [4.78, 5) is 17.0. The number of hydrogen-bond acceptors (Lipinski definition) is 2. The molecule has 0 aromatic heterocycles. The van der Waals surface area contributed by atoms with Crippen LogP contribution in [0.15, 0.2) is 0 Å². The van der Waals surface area contributed by atoms with Crippen LogP contribution in [0.2, 0.25) is 0 Å². The van der Waals surface area contributed by atoms with Crippen LogP contribution in [0.25, 0.3) is 0 Å². The molecule has 1 unspecified atom stereocenters. The molecular weight excluding hydrogens is 260 g/mol. The van der Waals surface area contributed by atoms with Crippen molar-refractivity contribution in [1.82, 2.24) is 9.80 Å². The number of hydrogen-bond donors (Lipinski definition) is 0. The van der Waals surface area contributed by atoms with E-state index in [9.17, 15) is 4.79 Å². The van der Waals surface area contributed by atoms with Crippen molar-refractivity contribution in [3.63, 3.8) is 0 Å². The molecule has 1 atom stereocenters. The second-order valence-electron chi connectivity index (χ2n) is 7.16. The number of rotatable bonds is 6. The van der Waals surface area contributed by atoms with Gasteiger partial charge in [-0.05, 0) is 51.6 Å². The fourth-order valence-electron chi connectivity index (χ4n) is 3.93. The molecule has 1 amide bonds. The van der Waals surface area contributed by atoms with E-state index in [4.69, 9.17) is 0 Å². The molecule has 0 bridgehead atoms. The number of nitrogens with zero attached hydrogens (tertiary/aromatic N) is 2. The van der Waals surface area contributed by atoms with Crippen molar-refractivity contribution < 1.29 is 4.79 Å². The minimum absolute atomic E-state index is 0.409. The Morgan fingerprint density at radius 1 is 1.14 bits per heavy atom. The lowest BCUT2D eigenvalue weighted by atomic mass is 9.89. The zero-order valence-electron chi connectivity index (χ0n) is 14.1. The minimum Gasteiger partial charge on any atom is -0.342 e. The zero-order chi connectivity index (χ0) is 15.1. The first-order valence-corrected chi connectivity index (χ1v) is 9.18. The predicted octanol–water partition coefficient (Wildman–Crippen LogP) is 3.68. The van der Waals surface area contributed by atoms with Gasteiger partial charge in [-0.15, -0.1) is 0 Å². The summed E-state index contributed by atoms with van der Waals surface area (Å²) in [6.07, 6.45) is 12.3. The van der Waals surface area contributed by atoms with Gasteiger partial charge in [0.2, 0.25) is 5.91 Å². The predicted molar refractivity (Wildman–Crippen MR) is 88.3 cm³/mol. The van der Waals surface area contributed by atoms with Gasteiger partial charge in [-0.25, -0.2) is 0 Å². The lowest BCUT2D eigenvalue weighted by Crippen LogP contribution is -2.36. The zero-order valence-corrected chi connectivity index (χ0v) is 14.1. The van der Waals surface area contributed by atoms with Gasteiger partial charge in [0, 0.05) is 25.6 Å². The van der Waals surface area contributed by atoms with Crippen molar-refractivity contribution in [2.75, 3.05) is 26.7 Å². The third kappa shape index (κ3) is 5.28. The Bertz CT molecular complexity index is 312. The SMILES string of the molecule is CCCCN(C)C1CCC(=O)N(CC2CCCCC2)CC1. The average Bonchev–Trinajstić information content (AvgIpc) is 2.69. The van der Waals surface area contributed by atoms with Crippen molar-refractivity contribution in [3.05, 3.63) is 0 Å². The highest BCUT2D eigenvalue weighted by molar-refractivity contribution is 5.76. The molecule has 3 heteroatoms. The highest BCUT2D eigenvalue weighted by atomic mass is 16.2. The van der Waals surface area contributed by atoms with E-state index in [1.54, 1.807) is 0 Å². The van der Waals surface area contributed by atoms with Gasteiger partial charge in [-0.2, -0.15) is 0 Å². The van der Waals surface area contributed by atoms with Crippen LogP contribution in [0, 0.1) is 5.92 Å². The Hall–Kier alpha value is -0.570. The maximum absolute atomic E-state index is 12.4. The second-order valence-corrected chi connectivity index (χ2v) is 7.16. The third-order valence-electron chi connectivity index (χ3n) is 5.47. The van der Waals surface area contributed by atoms with Gasteiger partial charge in [0.15, 0.2) is 0 Å². The number of unbranched alkanes of at least 4 members (excludes halogenated alkanes) is 1. The Balaban J connectivity index is 1.80. The average molecular weight is 294 g/mol. The van der Waals surface area contributed by atoms with Gasteiger partial charge >= 0.3 is 0 Å². The fraction of sp³-hybridized carbons (Fsp3) is 0.944. The molecule has 0 N–H and O–H groups in total. The molecule has 1 saturated carbocycles. The summed E-state index contributed by atoms with van der Waals surface area (Å²) >= 11 is 0. The number of likely N-dealkylation sites (tertiary alicyclic amines) is 1. The van der Waals surface area contributed by atoms with Gasteiger partial charge in [0.05, 0.1) is 0 Å². The highest BCUT2D eigenvalue weighted by Gasteiger charge is 2.26. The van der Waals surface area contributed by atoms with Gasteiger partial charge < -0.3 is 9.80 Å². The molecule has 1 saturated heterocycles. The molecular formula is C18H34N2O.